The van der Waals surface area contributed by atoms with Crippen molar-refractivity contribution < 1.29 is 27.1 Å². The van der Waals surface area contributed by atoms with Crippen LogP contribution >= 0.6 is 0 Å². The molecular weight excluding hydrogens is 580 g/mol. The van der Waals surface area contributed by atoms with E-state index in [1.54, 1.807) is 28.9 Å². The van der Waals surface area contributed by atoms with E-state index in [2.05, 4.69) is 16.5 Å². The predicted molar refractivity (Wildman–Crippen MR) is 158 cm³/mol. The number of rotatable bonds is 6. The predicted octanol–water partition coefficient (Wildman–Crippen LogP) is 3.62. The summed E-state index contributed by atoms with van der Waals surface area (Å²) < 4.78 is 57.6. The fourth-order valence-corrected chi connectivity index (χ4v) is 6.36. The topological polar surface area (TPSA) is 126 Å². The second-order valence-electron chi connectivity index (χ2n) is 10.3. The van der Waals surface area contributed by atoms with Gasteiger partial charge in [-0.2, -0.15) is 4.98 Å². The van der Waals surface area contributed by atoms with Crippen molar-refractivity contribution in [2.75, 3.05) is 30.8 Å². The van der Waals surface area contributed by atoms with Crippen molar-refractivity contribution in [3.05, 3.63) is 82.8 Å². The molecule has 0 bridgehead atoms. The van der Waals surface area contributed by atoms with Gasteiger partial charge >= 0.3 is 5.69 Å². The van der Waals surface area contributed by atoms with Gasteiger partial charge in [-0.1, -0.05) is 31.7 Å². The van der Waals surface area contributed by atoms with Crippen LogP contribution in [-0.2, 0) is 21.1 Å². The van der Waals surface area contributed by atoms with Crippen LogP contribution in [0.5, 0.6) is 5.75 Å². The number of piperazine rings is 1. The molecule has 3 heterocycles. The largest absolute Gasteiger partial charge is 0.507 e. The van der Waals surface area contributed by atoms with E-state index in [-0.39, 0.29) is 59.0 Å². The minimum Gasteiger partial charge on any atom is -0.507 e. The highest BCUT2D eigenvalue weighted by atomic mass is 32.2. The van der Waals surface area contributed by atoms with Crippen LogP contribution in [0.1, 0.15) is 19.4 Å². The summed E-state index contributed by atoms with van der Waals surface area (Å²) in [5.74, 6) is -2.71. The monoisotopic (exact) mass is 609 g/mol. The molecular formula is C30H29F2N5O5S. The molecule has 0 spiro atoms. The van der Waals surface area contributed by atoms with Gasteiger partial charge in [0.25, 0.3) is 0 Å². The van der Waals surface area contributed by atoms with Crippen LogP contribution in [0.2, 0.25) is 0 Å². The number of aryl methyl sites for hydroxylation is 1. The van der Waals surface area contributed by atoms with Gasteiger partial charge in [0.15, 0.2) is 21.3 Å². The number of carbonyl (C=O) groups is 1. The summed E-state index contributed by atoms with van der Waals surface area (Å²) in [6, 6.07) is 8.69. The van der Waals surface area contributed by atoms with E-state index in [1.165, 1.54) is 24.3 Å². The number of phenolic OH excluding ortho intramolecular Hbond substituents is 1. The highest BCUT2D eigenvalue weighted by molar-refractivity contribution is 7.90. The van der Waals surface area contributed by atoms with E-state index in [4.69, 9.17) is 0 Å². The number of benzene rings is 2. The van der Waals surface area contributed by atoms with Gasteiger partial charge in [-0.25, -0.2) is 31.5 Å². The molecule has 0 saturated carbocycles. The number of hydrogen-bond acceptors (Lipinski definition) is 8. The summed E-state index contributed by atoms with van der Waals surface area (Å²) in [6.07, 6.45) is 2.54. The number of pyridine rings is 1. The second-order valence-corrected chi connectivity index (χ2v) is 12.3. The molecule has 0 radical (unpaired) electrons. The average molecular weight is 610 g/mol. The van der Waals surface area contributed by atoms with E-state index in [0.717, 1.165) is 23.0 Å². The van der Waals surface area contributed by atoms with Crippen molar-refractivity contribution in [3.63, 3.8) is 0 Å². The van der Waals surface area contributed by atoms with Crippen LogP contribution in [0.3, 0.4) is 0 Å². The fraction of sp³-hybridized carbons (Fsp3) is 0.267. The van der Waals surface area contributed by atoms with Gasteiger partial charge < -0.3 is 14.9 Å². The van der Waals surface area contributed by atoms with Gasteiger partial charge in [-0.3, -0.25) is 4.79 Å². The first-order chi connectivity index (χ1) is 20.4. The van der Waals surface area contributed by atoms with Crippen molar-refractivity contribution >= 4 is 32.6 Å². The smallest absolute Gasteiger partial charge is 0.355 e. The number of aromatic nitrogens is 3. The molecule has 0 aliphatic carbocycles. The lowest BCUT2D eigenvalue weighted by atomic mass is 10.1. The third-order valence-corrected chi connectivity index (χ3v) is 8.63. The fourth-order valence-electron chi connectivity index (χ4n) is 5.46. The number of carbonyl (C=O) groups excluding carboxylic acids is 1. The molecule has 1 fully saturated rings. The number of amides is 1. The number of para-hydroxylation sites is 1. The van der Waals surface area contributed by atoms with E-state index < -0.39 is 44.2 Å². The number of halogens is 2. The van der Waals surface area contributed by atoms with Crippen LogP contribution in [0.4, 0.5) is 14.6 Å². The molecule has 1 amide bonds. The Bertz CT molecular complexity index is 1940. The van der Waals surface area contributed by atoms with Crippen molar-refractivity contribution in [1.29, 1.82) is 0 Å². The summed E-state index contributed by atoms with van der Waals surface area (Å²) in [4.78, 5) is 38.0. The van der Waals surface area contributed by atoms with Crippen molar-refractivity contribution in [1.82, 2.24) is 19.4 Å². The second kappa shape index (κ2) is 11.2. The number of anilines is 1. The molecule has 2 aromatic carbocycles. The Morgan fingerprint density at radius 1 is 1.14 bits per heavy atom. The Labute approximate surface area is 246 Å². The van der Waals surface area contributed by atoms with Crippen LogP contribution in [0.15, 0.2) is 64.8 Å². The lowest BCUT2D eigenvalue weighted by Gasteiger charge is -2.40. The van der Waals surface area contributed by atoms with Crippen LogP contribution in [0, 0.1) is 11.6 Å². The van der Waals surface area contributed by atoms with Gasteiger partial charge in [0, 0.05) is 31.9 Å². The molecule has 5 rings (SSSR count). The Morgan fingerprint density at radius 3 is 2.49 bits per heavy atom. The molecule has 1 saturated heterocycles. The van der Waals surface area contributed by atoms with Gasteiger partial charge in [0.05, 0.1) is 21.5 Å². The molecule has 1 N–H and O–H groups in total. The van der Waals surface area contributed by atoms with Crippen LogP contribution in [-0.4, -0.2) is 70.8 Å². The van der Waals surface area contributed by atoms with Gasteiger partial charge in [0.2, 0.25) is 5.91 Å². The highest BCUT2D eigenvalue weighted by Gasteiger charge is 2.31. The third-order valence-electron chi connectivity index (χ3n) is 7.50. The first-order valence-corrected chi connectivity index (χ1v) is 15.4. The molecule has 224 valence electrons. The maximum Gasteiger partial charge on any atom is 0.355 e. The first kappa shape index (κ1) is 29.8. The lowest BCUT2D eigenvalue weighted by molar-refractivity contribution is -0.126. The summed E-state index contributed by atoms with van der Waals surface area (Å²) in [5, 5.41) is 10.5. The van der Waals surface area contributed by atoms with Crippen LogP contribution < -0.4 is 10.6 Å². The molecule has 1 aliphatic rings. The summed E-state index contributed by atoms with van der Waals surface area (Å²) in [5.41, 5.74) is -1.69. The zero-order valence-electron chi connectivity index (χ0n) is 23.7. The normalized spacial score (nSPS) is 15.6. The number of phenols is 1. The summed E-state index contributed by atoms with van der Waals surface area (Å²) in [7, 11) is -3.89. The summed E-state index contributed by atoms with van der Waals surface area (Å²) >= 11 is 0. The first-order valence-electron chi connectivity index (χ1n) is 13.5. The molecule has 0 unspecified atom stereocenters. The number of nitrogens with zero attached hydrogens (tertiary/aromatic N) is 5. The molecule has 1 atom stereocenters. The standard InChI is InChI=1S/C30H29F2N5O5S/c1-5-18-9-7-12-23(43(4,41)42)27(18)37-29-19(15-21(32)26(33-29)25-20(31)10-8-11-22(25)38)28(34-30(37)40)36-14-13-35(16-17(36)3)24(39)6-2/h6-12,15,17,38H,2,5,13-14,16H2,1,3-4H3/t17-/m0/s1. The number of fused-ring (bicyclic) bond motifs is 1. The summed E-state index contributed by atoms with van der Waals surface area (Å²) in [6.45, 7) is 7.90. The molecule has 10 nitrogen and oxygen atoms in total. The van der Waals surface area contributed by atoms with E-state index >= 15 is 4.39 Å². The quantitative estimate of drug-likeness (QED) is 0.329. The Morgan fingerprint density at radius 2 is 1.86 bits per heavy atom. The molecule has 4 aromatic rings. The minimum absolute atomic E-state index is 0.00110. The SMILES string of the molecule is C=CC(=O)N1CCN(c2nc(=O)n(-c3c(CC)cccc3S(C)(=O)=O)c3nc(-c4c(O)cccc4F)c(F)cc23)[C@@H](C)C1. The average Bonchev–Trinajstić information content (AvgIpc) is 2.96. The molecule has 2 aromatic heterocycles. The Balaban J connectivity index is 1.88. The highest BCUT2D eigenvalue weighted by Crippen LogP contribution is 2.37. The van der Waals surface area contributed by atoms with Gasteiger partial charge in [-0.05, 0) is 49.2 Å². The minimum atomic E-state index is -3.89. The van der Waals surface area contributed by atoms with Gasteiger partial charge in [-0.15, -0.1) is 0 Å². The molecule has 1 aliphatic heterocycles. The molecule has 43 heavy (non-hydrogen) atoms. The number of aromatic hydroxyl groups is 1. The number of sulfone groups is 1. The maximum atomic E-state index is 15.8. The van der Waals surface area contributed by atoms with Crippen molar-refractivity contribution in [3.8, 4) is 22.7 Å². The Hall–Kier alpha value is -4.65. The number of hydrogen-bond donors (Lipinski definition) is 1. The van der Waals surface area contributed by atoms with E-state index in [0.29, 0.717) is 12.0 Å². The van der Waals surface area contributed by atoms with Crippen LogP contribution in [0.25, 0.3) is 28.0 Å². The van der Waals surface area contributed by atoms with E-state index in [1.807, 2.05) is 6.92 Å². The van der Waals surface area contributed by atoms with E-state index in [9.17, 15) is 27.5 Å². The lowest BCUT2D eigenvalue weighted by Crippen LogP contribution is -2.54. The Kier molecular flexibility index (Phi) is 7.78. The van der Waals surface area contributed by atoms with Crippen molar-refractivity contribution in [2.45, 2.75) is 31.2 Å². The third kappa shape index (κ3) is 5.24. The zero-order chi connectivity index (χ0) is 31.2. The maximum absolute atomic E-state index is 15.8. The van der Waals surface area contributed by atoms with Crippen molar-refractivity contribution in [2.24, 2.45) is 0 Å². The van der Waals surface area contributed by atoms with Gasteiger partial charge in [0.1, 0.15) is 23.1 Å². The molecule has 13 heteroatoms. The zero-order valence-corrected chi connectivity index (χ0v) is 24.5.